The quantitative estimate of drug-likeness (QED) is 0.793. The number of fused-ring (bicyclic) bond motifs is 1. The zero-order valence-electron chi connectivity index (χ0n) is 11.8. The lowest BCUT2D eigenvalue weighted by molar-refractivity contribution is 0.102. The Bertz CT molecular complexity index is 778. The molecule has 0 unspecified atom stereocenters. The number of ketones is 1. The highest BCUT2D eigenvalue weighted by molar-refractivity contribution is 6.13. The van der Waals surface area contributed by atoms with Crippen molar-refractivity contribution in [3.05, 3.63) is 58.4 Å². The van der Waals surface area contributed by atoms with E-state index in [1.165, 1.54) is 0 Å². The van der Waals surface area contributed by atoms with E-state index in [1.54, 1.807) is 18.3 Å². The molecule has 4 nitrogen and oxygen atoms in total. The minimum Gasteiger partial charge on any atom is -0.289 e. The topological polar surface area (TPSA) is 58.7 Å². The molecule has 1 heterocycles. The van der Waals surface area contributed by atoms with E-state index in [1.807, 2.05) is 29.9 Å². The Kier molecular flexibility index (Phi) is 3.41. The number of aryl methyl sites for hydroxylation is 2. The van der Waals surface area contributed by atoms with Crippen LogP contribution in [-0.4, -0.2) is 15.6 Å². The lowest BCUT2D eigenvalue weighted by atomic mass is 9.85. The molecule has 0 aliphatic heterocycles. The predicted octanol–water partition coefficient (Wildman–Crippen LogP) is 2.99. The maximum atomic E-state index is 12.5. The summed E-state index contributed by atoms with van der Waals surface area (Å²) in [5.74, 6) is 0.0602. The van der Waals surface area contributed by atoms with Crippen molar-refractivity contribution in [1.82, 2.24) is 9.78 Å². The van der Waals surface area contributed by atoms with Crippen LogP contribution in [0.1, 0.15) is 40.4 Å². The van der Waals surface area contributed by atoms with Crippen molar-refractivity contribution in [2.45, 2.75) is 26.3 Å². The van der Waals surface area contributed by atoms with Crippen LogP contribution in [0.4, 0.5) is 0 Å². The maximum Gasteiger partial charge on any atom is 0.189 e. The van der Waals surface area contributed by atoms with Gasteiger partial charge in [-0.25, -0.2) is 0 Å². The van der Waals surface area contributed by atoms with Crippen LogP contribution in [0.25, 0.3) is 6.08 Å². The second-order valence-corrected chi connectivity index (χ2v) is 5.11. The van der Waals surface area contributed by atoms with Gasteiger partial charge in [-0.15, -0.1) is 0 Å². The molecule has 2 aromatic rings. The molecule has 3 rings (SSSR count). The van der Waals surface area contributed by atoms with Gasteiger partial charge in [0.2, 0.25) is 0 Å². The van der Waals surface area contributed by atoms with Gasteiger partial charge in [-0.1, -0.05) is 0 Å². The van der Waals surface area contributed by atoms with Crippen LogP contribution in [0.3, 0.4) is 0 Å². The normalized spacial score (nSPS) is 15.8. The third-order valence-corrected chi connectivity index (χ3v) is 3.75. The molecule has 21 heavy (non-hydrogen) atoms. The van der Waals surface area contributed by atoms with Gasteiger partial charge in [0.05, 0.1) is 17.8 Å². The van der Waals surface area contributed by atoms with Crippen molar-refractivity contribution in [1.29, 1.82) is 5.26 Å². The highest BCUT2D eigenvalue weighted by atomic mass is 16.1. The number of nitriles is 1. The molecule has 1 aromatic carbocycles. The monoisotopic (exact) mass is 277 g/mol. The molecule has 0 N–H and O–H groups in total. The number of Topliss-reactive ketones (excluding diaryl/α,β-unsaturated/α-hetero) is 1. The van der Waals surface area contributed by atoms with E-state index >= 15 is 0 Å². The molecule has 1 aromatic heterocycles. The molecule has 1 aliphatic carbocycles. The first-order chi connectivity index (χ1) is 10.2. The van der Waals surface area contributed by atoms with Gasteiger partial charge in [0.1, 0.15) is 0 Å². The predicted molar refractivity (Wildman–Crippen MR) is 79.7 cm³/mol. The third kappa shape index (κ3) is 2.50. The summed E-state index contributed by atoms with van der Waals surface area (Å²) in [7, 11) is 0. The van der Waals surface area contributed by atoms with E-state index < -0.39 is 0 Å². The fourth-order valence-electron chi connectivity index (χ4n) is 2.61. The second-order valence-electron chi connectivity index (χ2n) is 5.11. The highest BCUT2D eigenvalue weighted by Gasteiger charge is 2.22. The molecule has 4 heteroatoms. The summed E-state index contributed by atoms with van der Waals surface area (Å²) >= 11 is 0. The van der Waals surface area contributed by atoms with Crippen LogP contribution >= 0.6 is 0 Å². The fraction of sp³-hybridized carbons (Fsp3) is 0.235. The number of hydrogen-bond donors (Lipinski definition) is 0. The number of nitrogens with zero attached hydrogens (tertiary/aromatic N) is 3. The van der Waals surface area contributed by atoms with Crippen molar-refractivity contribution in [3.63, 3.8) is 0 Å². The minimum atomic E-state index is 0.0602. The Labute approximate surface area is 123 Å². The van der Waals surface area contributed by atoms with E-state index in [0.29, 0.717) is 12.0 Å². The van der Waals surface area contributed by atoms with Crippen molar-refractivity contribution in [3.8, 4) is 6.07 Å². The van der Waals surface area contributed by atoms with Gasteiger partial charge >= 0.3 is 0 Å². The average Bonchev–Trinajstić information content (AvgIpc) is 2.97. The molecular formula is C17H15N3O. The van der Waals surface area contributed by atoms with Crippen LogP contribution < -0.4 is 0 Å². The first kappa shape index (κ1) is 13.3. The van der Waals surface area contributed by atoms with Crippen molar-refractivity contribution in [2.75, 3.05) is 0 Å². The SMILES string of the molecule is CCn1cc(/C=C2/CCc3cc(C#N)ccc3C2=O)cn1. The van der Waals surface area contributed by atoms with Crippen LogP contribution in [0.2, 0.25) is 0 Å². The molecule has 0 bridgehead atoms. The van der Waals surface area contributed by atoms with Crippen LogP contribution in [0.15, 0.2) is 36.2 Å². The first-order valence-electron chi connectivity index (χ1n) is 7.02. The van der Waals surface area contributed by atoms with Crippen molar-refractivity contribution < 1.29 is 4.79 Å². The molecule has 1 aliphatic rings. The molecular weight excluding hydrogens is 262 g/mol. The van der Waals surface area contributed by atoms with Gasteiger partial charge in [-0.05, 0) is 49.6 Å². The third-order valence-electron chi connectivity index (χ3n) is 3.75. The Morgan fingerprint density at radius 3 is 3.00 bits per heavy atom. The van der Waals surface area contributed by atoms with Gasteiger partial charge < -0.3 is 0 Å². The average molecular weight is 277 g/mol. The second kappa shape index (κ2) is 5.37. The largest absolute Gasteiger partial charge is 0.289 e. The number of hydrogen-bond acceptors (Lipinski definition) is 3. The van der Waals surface area contributed by atoms with E-state index in [-0.39, 0.29) is 5.78 Å². The number of allylic oxidation sites excluding steroid dienone is 1. The van der Waals surface area contributed by atoms with Gasteiger partial charge in [0, 0.05) is 29.4 Å². The number of benzene rings is 1. The summed E-state index contributed by atoms with van der Waals surface area (Å²) < 4.78 is 1.84. The van der Waals surface area contributed by atoms with Crippen LogP contribution in [0.5, 0.6) is 0 Å². The molecule has 0 atom stereocenters. The molecule has 104 valence electrons. The first-order valence-corrected chi connectivity index (χ1v) is 7.02. The summed E-state index contributed by atoms with van der Waals surface area (Å²) in [6, 6.07) is 7.40. The van der Waals surface area contributed by atoms with Crippen molar-refractivity contribution in [2.24, 2.45) is 0 Å². The standard InChI is InChI=1S/C17H15N3O/c1-2-20-11-13(10-19-20)8-15-5-4-14-7-12(9-18)3-6-16(14)17(15)21/h3,6-8,10-11H,2,4-5H2,1H3/b15-8-. The Balaban J connectivity index is 1.93. The zero-order valence-corrected chi connectivity index (χ0v) is 11.8. The Hall–Kier alpha value is -2.67. The fourth-order valence-corrected chi connectivity index (χ4v) is 2.61. The lowest BCUT2D eigenvalue weighted by Gasteiger charge is -2.17. The smallest absolute Gasteiger partial charge is 0.189 e. The minimum absolute atomic E-state index is 0.0602. The highest BCUT2D eigenvalue weighted by Crippen LogP contribution is 2.27. The van der Waals surface area contributed by atoms with Gasteiger partial charge in [0.15, 0.2) is 5.78 Å². The lowest BCUT2D eigenvalue weighted by Crippen LogP contribution is -2.14. The Morgan fingerprint density at radius 1 is 1.43 bits per heavy atom. The summed E-state index contributed by atoms with van der Waals surface area (Å²) in [4.78, 5) is 12.5. The van der Waals surface area contributed by atoms with Gasteiger partial charge in [-0.2, -0.15) is 10.4 Å². The van der Waals surface area contributed by atoms with Gasteiger partial charge in [-0.3, -0.25) is 9.48 Å². The number of rotatable bonds is 2. The Morgan fingerprint density at radius 2 is 2.29 bits per heavy atom. The molecule has 0 radical (unpaired) electrons. The van der Waals surface area contributed by atoms with E-state index in [9.17, 15) is 4.79 Å². The molecule has 0 saturated carbocycles. The number of aromatic nitrogens is 2. The van der Waals surface area contributed by atoms with E-state index in [2.05, 4.69) is 11.2 Å². The zero-order chi connectivity index (χ0) is 14.8. The summed E-state index contributed by atoms with van der Waals surface area (Å²) in [6.07, 6.45) is 7.14. The summed E-state index contributed by atoms with van der Waals surface area (Å²) in [5, 5.41) is 13.1. The van der Waals surface area contributed by atoms with Crippen LogP contribution in [0, 0.1) is 11.3 Å². The van der Waals surface area contributed by atoms with Crippen molar-refractivity contribution >= 4 is 11.9 Å². The molecule has 0 amide bonds. The summed E-state index contributed by atoms with van der Waals surface area (Å²) in [5.41, 5.74) is 4.06. The molecule has 0 fully saturated rings. The van der Waals surface area contributed by atoms with Crippen LogP contribution in [-0.2, 0) is 13.0 Å². The number of carbonyl (C=O) groups excluding carboxylic acids is 1. The number of carbonyl (C=O) groups is 1. The van der Waals surface area contributed by atoms with E-state index in [0.717, 1.165) is 35.2 Å². The molecule has 0 spiro atoms. The maximum absolute atomic E-state index is 12.5. The molecule has 0 saturated heterocycles. The van der Waals surface area contributed by atoms with E-state index in [4.69, 9.17) is 5.26 Å². The summed E-state index contributed by atoms with van der Waals surface area (Å²) in [6.45, 7) is 2.84. The van der Waals surface area contributed by atoms with Gasteiger partial charge in [0.25, 0.3) is 0 Å².